The van der Waals surface area contributed by atoms with Gasteiger partial charge in [0.05, 0.1) is 18.0 Å². The molecule has 5 nitrogen and oxygen atoms in total. The summed E-state index contributed by atoms with van der Waals surface area (Å²) in [5, 5.41) is 13.5. The van der Waals surface area contributed by atoms with E-state index in [9.17, 15) is 10.1 Å². The highest BCUT2D eigenvalue weighted by molar-refractivity contribution is 7.10. The Bertz CT molecular complexity index is 1090. The van der Waals surface area contributed by atoms with E-state index in [0.29, 0.717) is 17.9 Å². The standard InChI is InChI=1S/C19H15N3O2S2/c1-11-8-14-17(19(23)22(11)10-12-4-2-6-25-12)16(15-5-3-7-26-15)13(9-20)18(21)24-14/h2-8,16H,10,21H2,1H3/t16-/m1/s1. The van der Waals surface area contributed by atoms with E-state index in [2.05, 4.69) is 6.07 Å². The van der Waals surface area contributed by atoms with E-state index in [4.69, 9.17) is 10.5 Å². The minimum Gasteiger partial charge on any atom is -0.440 e. The molecule has 2 N–H and O–H groups in total. The zero-order valence-electron chi connectivity index (χ0n) is 13.9. The number of nitriles is 1. The van der Waals surface area contributed by atoms with Gasteiger partial charge in [0.1, 0.15) is 17.4 Å². The van der Waals surface area contributed by atoms with Gasteiger partial charge in [-0.1, -0.05) is 12.1 Å². The maximum absolute atomic E-state index is 13.4. The second-order valence-corrected chi connectivity index (χ2v) is 7.99. The molecular formula is C19H15N3O2S2. The van der Waals surface area contributed by atoms with Crippen LogP contribution in [-0.4, -0.2) is 4.57 Å². The highest BCUT2D eigenvalue weighted by Crippen LogP contribution is 2.42. The van der Waals surface area contributed by atoms with E-state index in [1.807, 2.05) is 48.0 Å². The molecule has 0 bridgehead atoms. The number of nitrogens with two attached hydrogens (primary N) is 1. The first kappa shape index (κ1) is 16.6. The number of hydrogen-bond donors (Lipinski definition) is 1. The summed E-state index contributed by atoms with van der Waals surface area (Å²) in [5.41, 5.74) is 7.38. The lowest BCUT2D eigenvalue weighted by atomic mass is 9.88. The monoisotopic (exact) mass is 381 g/mol. The fraction of sp³-hybridized carbons (Fsp3) is 0.158. The lowest BCUT2D eigenvalue weighted by molar-refractivity contribution is 0.389. The minimum atomic E-state index is -0.494. The molecule has 0 radical (unpaired) electrons. The Morgan fingerprint density at radius 2 is 2.08 bits per heavy atom. The van der Waals surface area contributed by atoms with Crippen LogP contribution in [0.4, 0.5) is 0 Å². The highest BCUT2D eigenvalue weighted by Gasteiger charge is 2.34. The molecule has 3 aromatic rings. The average molecular weight is 381 g/mol. The van der Waals surface area contributed by atoms with Gasteiger partial charge in [-0.3, -0.25) is 4.79 Å². The van der Waals surface area contributed by atoms with Crippen molar-refractivity contribution < 1.29 is 4.74 Å². The predicted molar refractivity (Wildman–Crippen MR) is 102 cm³/mol. The molecule has 1 aliphatic rings. The average Bonchev–Trinajstić information content (AvgIpc) is 3.31. The number of aryl methyl sites for hydroxylation is 1. The smallest absolute Gasteiger partial charge is 0.259 e. The van der Waals surface area contributed by atoms with Crippen molar-refractivity contribution in [2.75, 3.05) is 0 Å². The summed E-state index contributed by atoms with van der Waals surface area (Å²) in [5.74, 6) is 0.00414. The fourth-order valence-electron chi connectivity index (χ4n) is 3.18. The maximum atomic E-state index is 13.4. The Kier molecular flexibility index (Phi) is 4.15. The zero-order valence-corrected chi connectivity index (χ0v) is 15.6. The van der Waals surface area contributed by atoms with Crippen LogP contribution in [0.25, 0.3) is 0 Å². The molecule has 0 saturated heterocycles. The Morgan fingerprint density at radius 1 is 1.31 bits per heavy atom. The third-order valence-electron chi connectivity index (χ3n) is 4.41. The van der Waals surface area contributed by atoms with Crippen LogP contribution in [0, 0.1) is 18.3 Å². The first-order valence-electron chi connectivity index (χ1n) is 7.98. The van der Waals surface area contributed by atoms with E-state index in [0.717, 1.165) is 15.4 Å². The molecule has 26 heavy (non-hydrogen) atoms. The van der Waals surface area contributed by atoms with E-state index in [-0.39, 0.29) is 17.0 Å². The molecule has 1 aliphatic heterocycles. The molecule has 0 aromatic carbocycles. The van der Waals surface area contributed by atoms with Gasteiger partial charge in [-0.25, -0.2) is 0 Å². The van der Waals surface area contributed by atoms with Gasteiger partial charge in [0.2, 0.25) is 5.88 Å². The van der Waals surface area contributed by atoms with Gasteiger partial charge in [-0.05, 0) is 29.8 Å². The largest absolute Gasteiger partial charge is 0.440 e. The summed E-state index contributed by atoms with van der Waals surface area (Å²) in [6.07, 6.45) is 0. The van der Waals surface area contributed by atoms with Crippen LogP contribution in [0.3, 0.4) is 0 Å². The van der Waals surface area contributed by atoms with Crippen LogP contribution in [0.5, 0.6) is 5.75 Å². The lowest BCUT2D eigenvalue weighted by Gasteiger charge is -2.26. The van der Waals surface area contributed by atoms with Crippen molar-refractivity contribution in [3.8, 4) is 11.8 Å². The molecule has 4 rings (SSSR count). The van der Waals surface area contributed by atoms with Crippen LogP contribution in [0.1, 0.15) is 26.9 Å². The first-order chi connectivity index (χ1) is 12.6. The van der Waals surface area contributed by atoms with Gasteiger partial charge >= 0.3 is 0 Å². The zero-order chi connectivity index (χ0) is 18.3. The summed E-state index contributed by atoms with van der Waals surface area (Å²) < 4.78 is 7.37. The maximum Gasteiger partial charge on any atom is 0.259 e. The molecule has 0 unspecified atom stereocenters. The van der Waals surface area contributed by atoms with Crippen LogP contribution >= 0.6 is 22.7 Å². The molecule has 4 heterocycles. The predicted octanol–water partition coefficient (Wildman–Crippen LogP) is 3.55. The Labute approximate surface area is 158 Å². The van der Waals surface area contributed by atoms with E-state index in [1.54, 1.807) is 15.9 Å². The molecule has 3 aromatic heterocycles. The van der Waals surface area contributed by atoms with Crippen LogP contribution in [0.2, 0.25) is 0 Å². The summed E-state index contributed by atoms with van der Waals surface area (Å²) in [4.78, 5) is 15.3. The number of rotatable bonds is 3. The van der Waals surface area contributed by atoms with Crippen molar-refractivity contribution in [3.05, 3.63) is 83.9 Å². The van der Waals surface area contributed by atoms with Gasteiger partial charge in [0, 0.05) is 21.5 Å². The Hall–Kier alpha value is -2.82. The van der Waals surface area contributed by atoms with Crippen LogP contribution in [0.15, 0.2) is 57.3 Å². The molecule has 0 aliphatic carbocycles. The quantitative estimate of drug-likeness (QED) is 0.752. The number of thiophene rings is 2. The van der Waals surface area contributed by atoms with Gasteiger partial charge in [0.15, 0.2) is 0 Å². The SMILES string of the molecule is Cc1cc2c(c(=O)n1Cc1cccs1)[C@@H](c1cccs1)C(C#N)=C(N)O2. The summed E-state index contributed by atoms with van der Waals surface area (Å²) in [6, 6.07) is 11.7. The summed E-state index contributed by atoms with van der Waals surface area (Å²) in [7, 11) is 0. The topological polar surface area (TPSA) is 81.0 Å². The second kappa shape index (κ2) is 6.48. The van der Waals surface area contributed by atoms with Gasteiger partial charge < -0.3 is 15.0 Å². The fourth-order valence-corrected chi connectivity index (χ4v) is 4.72. The molecule has 7 heteroatoms. The number of pyridine rings is 1. The molecule has 130 valence electrons. The van der Waals surface area contributed by atoms with Gasteiger partial charge in [-0.15, -0.1) is 22.7 Å². The van der Waals surface area contributed by atoms with Gasteiger partial charge in [-0.2, -0.15) is 5.26 Å². The van der Waals surface area contributed by atoms with Crippen LogP contribution < -0.4 is 16.0 Å². The molecule has 0 spiro atoms. The highest BCUT2D eigenvalue weighted by atomic mass is 32.1. The molecule has 0 fully saturated rings. The number of ether oxygens (including phenoxy) is 1. The lowest BCUT2D eigenvalue weighted by Crippen LogP contribution is -2.32. The molecule has 0 saturated carbocycles. The molecule has 1 atom stereocenters. The number of fused-ring (bicyclic) bond motifs is 1. The van der Waals surface area contributed by atoms with Crippen molar-refractivity contribution in [1.29, 1.82) is 5.26 Å². The summed E-state index contributed by atoms with van der Waals surface area (Å²) >= 11 is 3.10. The van der Waals surface area contributed by atoms with Gasteiger partial charge in [0.25, 0.3) is 5.56 Å². The number of hydrogen-bond acceptors (Lipinski definition) is 6. The molecule has 0 amide bonds. The molecular weight excluding hydrogens is 366 g/mol. The van der Waals surface area contributed by atoms with Crippen molar-refractivity contribution in [2.24, 2.45) is 5.73 Å². The van der Waals surface area contributed by atoms with Crippen molar-refractivity contribution in [3.63, 3.8) is 0 Å². The number of aromatic nitrogens is 1. The van der Waals surface area contributed by atoms with Crippen molar-refractivity contribution in [1.82, 2.24) is 4.57 Å². The number of allylic oxidation sites excluding steroid dienone is 1. The van der Waals surface area contributed by atoms with E-state index < -0.39 is 5.92 Å². The third kappa shape index (κ3) is 2.64. The van der Waals surface area contributed by atoms with E-state index >= 15 is 0 Å². The van der Waals surface area contributed by atoms with Crippen molar-refractivity contribution >= 4 is 22.7 Å². The Balaban J connectivity index is 1.94. The second-order valence-electron chi connectivity index (χ2n) is 5.97. The van der Waals surface area contributed by atoms with Crippen molar-refractivity contribution in [2.45, 2.75) is 19.4 Å². The first-order valence-corrected chi connectivity index (χ1v) is 9.73. The van der Waals surface area contributed by atoms with Crippen LogP contribution in [-0.2, 0) is 6.54 Å². The minimum absolute atomic E-state index is 0.0632. The Morgan fingerprint density at radius 3 is 2.73 bits per heavy atom. The summed E-state index contributed by atoms with van der Waals surface area (Å²) in [6.45, 7) is 2.37. The third-order valence-corrected chi connectivity index (χ3v) is 6.21. The van der Waals surface area contributed by atoms with E-state index in [1.165, 1.54) is 11.3 Å². The normalized spacial score (nSPS) is 16.1. The number of nitrogens with zero attached hydrogens (tertiary/aromatic N) is 2.